The van der Waals surface area contributed by atoms with Gasteiger partial charge in [-0.1, -0.05) is 0 Å². The van der Waals surface area contributed by atoms with Crippen LogP contribution in [0.15, 0.2) is 0 Å². The van der Waals surface area contributed by atoms with E-state index in [0.717, 1.165) is 6.66 Å². The molecule has 0 heterocycles. The van der Waals surface area contributed by atoms with E-state index in [1.807, 2.05) is 0 Å². The van der Waals surface area contributed by atoms with Crippen LogP contribution in [-0.2, 0) is 13.6 Å². The molecule has 0 saturated heterocycles. The Morgan fingerprint density at radius 3 is 1.14 bits per heavy atom. The smallest absolute Gasteiger partial charge is 0.327 e. The van der Waals surface area contributed by atoms with E-state index in [0.29, 0.717) is 0 Å². The van der Waals surface area contributed by atoms with Crippen LogP contribution in [0.5, 0.6) is 0 Å². The average Bonchev–Trinajstić information content (AvgIpc) is 2.51. The minimum atomic E-state index is -3.63. The quantitative estimate of drug-likeness (QED) is 0.218. The molecule has 0 atom stereocenters. The Bertz CT molecular complexity index is 283. The van der Waals surface area contributed by atoms with Crippen LogP contribution in [0.25, 0.3) is 0 Å². The molecule has 0 aliphatic heterocycles. The normalized spacial score (nSPS) is 13.7. The second-order valence-electron chi connectivity index (χ2n) is 5.27. The molecule has 21 heavy (non-hydrogen) atoms. The van der Waals surface area contributed by atoms with Gasteiger partial charge in [-0.05, 0) is 0 Å². The maximum absolute atomic E-state index is 12.1. The molecule has 0 aromatic carbocycles. The van der Waals surface area contributed by atoms with E-state index >= 15 is 0 Å². The highest BCUT2D eigenvalue weighted by Crippen LogP contribution is 2.46. The molecule has 0 fully saturated rings. The van der Waals surface area contributed by atoms with Gasteiger partial charge in [-0.2, -0.15) is 0 Å². The standard InChI is InChI=1S/C11H25O9P/c1-21(18,19-8-10(2-12,3-13)4-14)20-9-11(5-15,6-16)7-17/h12-17H,2-9H2,1H3. The van der Waals surface area contributed by atoms with Crippen molar-refractivity contribution >= 4 is 7.60 Å². The summed E-state index contributed by atoms with van der Waals surface area (Å²) in [5.41, 5.74) is -2.70. The number of rotatable bonds is 12. The molecule has 128 valence electrons. The summed E-state index contributed by atoms with van der Waals surface area (Å²) >= 11 is 0. The fraction of sp³-hybridized carbons (Fsp3) is 1.00. The molecule has 0 radical (unpaired) electrons. The van der Waals surface area contributed by atoms with E-state index in [9.17, 15) is 4.57 Å². The van der Waals surface area contributed by atoms with Crippen molar-refractivity contribution in [1.82, 2.24) is 0 Å². The molecule has 0 saturated carbocycles. The van der Waals surface area contributed by atoms with Gasteiger partial charge in [0.25, 0.3) is 0 Å². The predicted octanol–water partition coefficient (Wildman–Crippen LogP) is -2.23. The SMILES string of the molecule is CP(=O)(OCC(CO)(CO)CO)OCC(CO)(CO)CO. The molecular weight excluding hydrogens is 307 g/mol. The second-order valence-corrected chi connectivity index (χ2v) is 7.33. The number of aliphatic hydroxyl groups excluding tert-OH is 6. The lowest BCUT2D eigenvalue weighted by Gasteiger charge is -2.31. The molecule has 0 rings (SSSR count). The molecule has 0 bridgehead atoms. The Morgan fingerprint density at radius 1 is 0.714 bits per heavy atom. The van der Waals surface area contributed by atoms with Crippen molar-refractivity contribution < 1.29 is 44.3 Å². The van der Waals surface area contributed by atoms with Gasteiger partial charge in [0.1, 0.15) is 0 Å². The largest absolute Gasteiger partial charge is 0.396 e. The fourth-order valence-corrected chi connectivity index (χ4v) is 2.21. The Labute approximate surface area is 123 Å². The van der Waals surface area contributed by atoms with Crippen LogP contribution < -0.4 is 0 Å². The summed E-state index contributed by atoms with van der Waals surface area (Å²) < 4.78 is 22.1. The summed E-state index contributed by atoms with van der Waals surface area (Å²) in [5.74, 6) is 0. The molecule has 0 unspecified atom stereocenters. The number of hydrogen-bond donors (Lipinski definition) is 6. The summed E-state index contributed by atoms with van der Waals surface area (Å²) in [4.78, 5) is 0. The van der Waals surface area contributed by atoms with Crippen LogP contribution in [-0.4, -0.2) is 90.2 Å². The first-order valence-electron chi connectivity index (χ1n) is 6.30. The van der Waals surface area contributed by atoms with Gasteiger partial charge < -0.3 is 39.7 Å². The van der Waals surface area contributed by atoms with Crippen molar-refractivity contribution in [1.29, 1.82) is 0 Å². The first-order chi connectivity index (χ1) is 9.78. The fourth-order valence-electron chi connectivity index (χ4n) is 1.12. The lowest BCUT2D eigenvalue weighted by Crippen LogP contribution is -2.39. The number of aliphatic hydroxyl groups is 6. The second kappa shape index (κ2) is 9.14. The molecule has 0 amide bonds. The monoisotopic (exact) mass is 332 g/mol. The topological polar surface area (TPSA) is 157 Å². The predicted molar refractivity (Wildman–Crippen MR) is 72.8 cm³/mol. The molecule has 0 aliphatic carbocycles. The van der Waals surface area contributed by atoms with E-state index in [-0.39, 0.29) is 0 Å². The van der Waals surface area contributed by atoms with Crippen molar-refractivity contribution in [3.05, 3.63) is 0 Å². The first kappa shape index (κ1) is 20.9. The van der Waals surface area contributed by atoms with E-state index in [2.05, 4.69) is 0 Å². The first-order valence-corrected chi connectivity index (χ1v) is 8.29. The van der Waals surface area contributed by atoms with Crippen LogP contribution in [0.2, 0.25) is 0 Å². The van der Waals surface area contributed by atoms with Gasteiger partial charge in [-0.15, -0.1) is 0 Å². The van der Waals surface area contributed by atoms with Crippen molar-refractivity contribution in [2.75, 3.05) is 59.5 Å². The summed E-state index contributed by atoms with van der Waals surface area (Å²) in [6.45, 7) is -3.14. The van der Waals surface area contributed by atoms with Gasteiger partial charge in [0.05, 0.1) is 63.7 Å². The van der Waals surface area contributed by atoms with Crippen LogP contribution in [0.4, 0.5) is 0 Å². The Kier molecular flexibility index (Phi) is 9.10. The average molecular weight is 332 g/mol. The Morgan fingerprint density at radius 2 is 0.952 bits per heavy atom. The third-order valence-corrected chi connectivity index (χ3v) is 4.42. The van der Waals surface area contributed by atoms with E-state index in [4.69, 9.17) is 39.7 Å². The third kappa shape index (κ3) is 6.27. The molecule has 0 spiro atoms. The zero-order valence-corrected chi connectivity index (χ0v) is 12.9. The maximum Gasteiger partial charge on any atom is 0.327 e. The Hall–Kier alpha value is -0.0900. The molecular formula is C11H25O9P. The van der Waals surface area contributed by atoms with E-state index in [1.54, 1.807) is 0 Å². The van der Waals surface area contributed by atoms with Crippen molar-refractivity contribution in [3.8, 4) is 0 Å². The zero-order chi connectivity index (χ0) is 16.6. The zero-order valence-electron chi connectivity index (χ0n) is 12.0. The molecule has 0 aromatic rings. The minimum absolute atomic E-state index is 0.408. The molecule has 0 aromatic heterocycles. The summed E-state index contributed by atoms with van der Waals surface area (Å²) in [5, 5.41) is 54.7. The lowest BCUT2D eigenvalue weighted by atomic mass is 9.93. The highest BCUT2D eigenvalue weighted by molar-refractivity contribution is 7.52. The van der Waals surface area contributed by atoms with Gasteiger partial charge in [0, 0.05) is 6.66 Å². The third-order valence-electron chi connectivity index (χ3n) is 3.22. The van der Waals surface area contributed by atoms with Gasteiger partial charge in [0.2, 0.25) is 0 Å². The van der Waals surface area contributed by atoms with Crippen molar-refractivity contribution in [2.24, 2.45) is 10.8 Å². The summed E-state index contributed by atoms with van der Waals surface area (Å²) in [6, 6.07) is 0. The van der Waals surface area contributed by atoms with E-state index in [1.165, 1.54) is 0 Å². The van der Waals surface area contributed by atoms with Crippen LogP contribution >= 0.6 is 7.60 Å². The van der Waals surface area contributed by atoms with Gasteiger partial charge >= 0.3 is 7.60 Å². The highest BCUT2D eigenvalue weighted by Gasteiger charge is 2.35. The van der Waals surface area contributed by atoms with Crippen molar-refractivity contribution in [3.63, 3.8) is 0 Å². The van der Waals surface area contributed by atoms with Gasteiger partial charge in [0.15, 0.2) is 0 Å². The highest BCUT2D eigenvalue weighted by atomic mass is 31.2. The Balaban J connectivity index is 4.60. The van der Waals surface area contributed by atoms with Crippen LogP contribution in [0, 0.1) is 10.8 Å². The molecule has 10 heteroatoms. The van der Waals surface area contributed by atoms with E-state index < -0.39 is 71.3 Å². The van der Waals surface area contributed by atoms with Crippen LogP contribution in [0.3, 0.4) is 0 Å². The lowest BCUT2D eigenvalue weighted by molar-refractivity contribution is -0.0420. The van der Waals surface area contributed by atoms with Crippen LogP contribution in [0.1, 0.15) is 0 Å². The molecule has 6 N–H and O–H groups in total. The minimum Gasteiger partial charge on any atom is -0.396 e. The maximum atomic E-state index is 12.1. The number of hydrogen-bond acceptors (Lipinski definition) is 9. The molecule has 9 nitrogen and oxygen atoms in total. The summed E-state index contributed by atoms with van der Waals surface area (Å²) in [6.07, 6.45) is 0. The summed E-state index contributed by atoms with van der Waals surface area (Å²) in [7, 11) is -3.63. The van der Waals surface area contributed by atoms with Gasteiger partial charge in [-0.25, -0.2) is 0 Å². The molecule has 0 aliphatic rings. The van der Waals surface area contributed by atoms with Crippen molar-refractivity contribution in [2.45, 2.75) is 0 Å². The van der Waals surface area contributed by atoms with Gasteiger partial charge in [-0.3, -0.25) is 4.57 Å².